The minimum absolute atomic E-state index is 0.0124. The number of hydrogen-bond donors (Lipinski definition) is 2. The van der Waals surface area contributed by atoms with Gasteiger partial charge in [0.2, 0.25) is 0 Å². The molecule has 4 heteroatoms. The van der Waals surface area contributed by atoms with Gasteiger partial charge in [0, 0.05) is 25.3 Å². The third-order valence-corrected chi connectivity index (χ3v) is 4.15. The van der Waals surface area contributed by atoms with Gasteiger partial charge in [0.25, 0.3) is 0 Å². The highest BCUT2D eigenvalue weighted by Crippen LogP contribution is 2.17. The summed E-state index contributed by atoms with van der Waals surface area (Å²) >= 11 is 0. The Labute approximate surface area is 130 Å². The van der Waals surface area contributed by atoms with Crippen LogP contribution in [0.15, 0.2) is 0 Å². The summed E-state index contributed by atoms with van der Waals surface area (Å²) in [5.74, 6) is 0. The van der Waals surface area contributed by atoms with Crippen molar-refractivity contribution in [1.29, 1.82) is 0 Å². The molecule has 2 unspecified atom stereocenters. The number of nitrogens with one attached hydrogen (secondary N) is 1. The van der Waals surface area contributed by atoms with Crippen molar-refractivity contribution < 1.29 is 14.6 Å². The van der Waals surface area contributed by atoms with E-state index in [-0.39, 0.29) is 5.54 Å². The third-order valence-electron chi connectivity index (χ3n) is 4.15. The summed E-state index contributed by atoms with van der Waals surface area (Å²) in [7, 11) is 0. The lowest BCUT2D eigenvalue weighted by molar-refractivity contribution is 0.00574. The molecule has 0 aliphatic carbocycles. The van der Waals surface area contributed by atoms with Crippen molar-refractivity contribution in [1.82, 2.24) is 5.32 Å². The zero-order valence-corrected chi connectivity index (χ0v) is 14.0. The van der Waals surface area contributed by atoms with Crippen molar-refractivity contribution in [2.24, 2.45) is 0 Å². The first-order chi connectivity index (χ1) is 10.2. The molecule has 0 spiro atoms. The fourth-order valence-corrected chi connectivity index (χ4v) is 2.70. The second-order valence-corrected chi connectivity index (χ2v) is 6.59. The van der Waals surface area contributed by atoms with Crippen LogP contribution in [-0.4, -0.2) is 49.7 Å². The summed E-state index contributed by atoms with van der Waals surface area (Å²) < 4.78 is 11.0. The number of aliphatic hydroxyl groups is 1. The van der Waals surface area contributed by atoms with E-state index >= 15 is 0 Å². The number of rotatable bonds is 12. The van der Waals surface area contributed by atoms with Crippen LogP contribution in [0.1, 0.15) is 65.2 Å². The zero-order chi connectivity index (χ0) is 15.4. The summed E-state index contributed by atoms with van der Waals surface area (Å²) in [6.07, 6.45) is 9.39. The topological polar surface area (TPSA) is 50.7 Å². The maximum absolute atomic E-state index is 9.94. The molecule has 0 amide bonds. The summed E-state index contributed by atoms with van der Waals surface area (Å²) in [5.41, 5.74) is 0.0124. The van der Waals surface area contributed by atoms with Crippen molar-refractivity contribution in [3.8, 4) is 0 Å². The van der Waals surface area contributed by atoms with E-state index in [1.807, 2.05) is 0 Å². The van der Waals surface area contributed by atoms with Gasteiger partial charge < -0.3 is 19.9 Å². The van der Waals surface area contributed by atoms with Gasteiger partial charge in [0.05, 0.1) is 19.3 Å². The van der Waals surface area contributed by atoms with Crippen LogP contribution < -0.4 is 5.32 Å². The Balaban J connectivity index is 1.92. The van der Waals surface area contributed by atoms with Gasteiger partial charge in [-0.3, -0.25) is 0 Å². The molecule has 0 bridgehead atoms. The Morgan fingerprint density at radius 1 is 1.24 bits per heavy atom. The first-order valence-electron chi connectivity index (χ1n) is 8.75. The molecule has 1 saturated heterocycles. The van der Waals surface area contributed by atoms with E-state index in [0.717, 1.165) is 39.1 Å². The van der Waals surface area contributed by atoms with Crippen molar-refractivity contribution in [3.63, 3.8) is 0 Å². The summed E-state index contributed by atoms with van der Waals surface area (Å²) in [6.45, 7) is 7.77. The minimum Gasteiger partial charge on any atom is -0.389 e. The Morgan fingerprint density at radius 2 is 2.00 bits per heavy atom. The number of β-amino-alcohol motifs (C(OH)–C–C–N with tert-alkyl or cyclic N) is 1. The molecular weight excluding hydrogens is 266 g/mol. The standard InChI is InChI=1S/C17H35NO3/c1-3-4-5-6-7-8-11-20-14-16(19)13-18-17(2)10-9-12-21-15-17/h16,18-19H,3-15H2,1-2H3. The number of hydrogen-bond acceptors (Lipinski definition) is 4. The zero-order valence-electron chi connectivity index (χ0n) is 14.0. The minimum atomic E-state index is -0.427. The Morgan fingerprint density at radius 3 is 2.71 bits per heavy atom. The number of aliphatic hydroxyl groups excluding tert-OH is 1. The predicted octanol–water partition coefficient (Wildman–Crippen LogP) is 2.88. The van der Waals surface area contributed by atoms with E-state index in [1.165, 1.54) is 32.1 Å². The lowest BCUT2D eigenvalue weighted by Crippen LogP contribution is -2.51. The smallest absolute Gasteiger partial charge is 0.0897 e. The van der Waals surface area contributed by atoms with E-state index in [2.05, 4.69) is 19.2 Å². The molecule has 2 N–H and O–H groups in total. The molecule has 2 atom stereocenters. The van der Waals surface area contributed by atoms with Gasteiger partial charge >= 0.3 is 0 Å². The highest BCUT2D eigenvalue weighted by molar-refractivity contribution is 4.86. The van der Waals surface area contributed by atoms with Crippen LogP contribution >= 0.6 is 0 Å². The van der Waals surface area contributed by atoms with Crippen molar-refractivity contribution in [3.05, 3.63) is 0 Å². The SMILES string of the molecule is CCCCCCCCOCC(O)CNC1(C)CCCOC1. The molecule has 1 aliphatic heterocycles. The summed E-state index contributed by atoms with van der Waals surface area (Å²) in [4.78, 5) is 0. The number of ether oxygens (including phenoxy) is 2. The third kappa shape index (κ3) is 9.46. The van der Waals surface area contributed by atoms with Crippen LogP contribution in [0.5, 0.6) is 0 Å². The largest absolute Gasteiger partial charge is 0.389 e. The molecule has 1 rings (SSSR count). The Bertz CT molecular complexity index is 242. The molecule has 0 aromatic heterocycles. The van der Waals surface area contributed by atoms with Gasteiger partial charge in [-0.1, -0.05) is 39.0 Å². The van der Waals surface area contributed by atoms with E-state index < -0.39 is 6.10 Å². The van der Waals surface area contributed by atoms with Crippen molar-refractivity contribution in [2.45, 2.75) is 76.9 Å². The van der Waals surface area contributed by atoms with Crippen molar-refractivity contribution >= 4 is 0 Å². The molecule has 1 heterocycles. The molecule has 1 fully saturated rings. The van der Waals surface area contributed by atoms with Crippen LogP contribution in [0.4, 0.5) is 0 Å². The number of unbranched alkanes of at least 4 members (excludes halogenated alkanes) is 5. The highest BCUT2D eigenvalue weighted by atomic mass is 16.5. The van der Waals surface area contributed by atoms with Gasteiger partial charge in [-0.25, -0.2) is 0 Å². The molecule has 0 radical (unpaired) electrons. The second kappa shape index (κ2) is 11.4. The molecule has 21 heavy (non-hydrogen) atoms. The molecule has 126 valence electrons. The van der Waals surface area contributed by atoms with Gasteiger partial charge in [-0.2, -0.15) is 0 Å². The summed E-state index contributed by atoms with van der Waals surface area (Å²) in [6, 6.07) is 0. The van der Waals surface area contributed by atoms with Crippen LogP contribution in [0.3, 0.4) is 0 Å². The van der Waals surface area contributed by atoms with Gasteiger partial charge in [0.15, 0.2) is 0 Å². The molecule has 0 saturated carbocycles. The fourth-order valence-electron chi connectivity index (χ4n) is 2.70. The summed E-state index contributed by atoms with van der Waals surface area (Å²) in [5, 5.41) is 13.4. The van der Waals surface area contributed by atoms with E-state index in [1.54, 1.807) is 0 Å². The Kier molecular flexibility index (Phi) is 10.3. The maximum Gasteiger partial charge on any atom is 0.0897 e. The monoisotopic (exact) mass is 301 g/mol. The van der Waals surface area contributed by atoms with E-state index in [9.17, 15) is 5.11 Å². The van der Waals surface area contributed by atoms with E-state index in [4.69, 9.17) is 9.47 Å². The molecule has 0 aromatic rings. The van der Waals surface area contributed by atoms with Gasteiger partial charge in [0.1, 0.15) is 0 Å². The molecular formula is C17H35NO3. The van der Waals surface area contributed by atoms with Gasteiger partial charge in [-0.15, -0.1) is 0 Å². The lowest BCUT2D eigenvalue weighted by atomic mass is 9.95. The quantitative estimate of drug-likeness (QED) is 0.544. The fraction of sp³-hybridized carbons (Fsp3) is 1.00. The maximum atomic E-state index is 9.94. The van der Waals surface area contributed by atoms with Crippen LogP contribution in [0, 0.1) is 0 Å². The van der Waals surface area contributed by atoms with Crippen LogP contribution in [0.2, 0.25) is 0 Å². The predicted molar refractivity (Wildman–Crippen MR) is 86.7 cm³/mol. The lowest BCUT2D eigenvalue weighted by Gasteiger charge is -2.35. The average Bonchev–Trinajstić information content (AvgIpc) is 2.49. The van der Waals surface area contributed by atoms with Crippen LogP contribution in [-0.2, 0) is 9.47 Å². The van der Waals surface area contributed by atoms with Gasteiger partial charge in [-0.05, 0) is 26.2 Å². The highest BCUT2D eigenvalue weighted by Gasteiger charge is 2.27. The molecule has 4 nitrogen and oxygen atoms in total. The molecule has 1 aliphatic rings. The van der Waals surface area contributed by atoms with Crippen LogP contribution in [0.25, 0.3) is 0 Å². The normalized spacial score (nSPS) is 24.1. The van der Waals surface area contributed by atoms with Crippen molar-refractivity contribution in [2.75, 3.05) is 33.0 Å². The second-order valence-electron chi connectivity index (χ2n) is 6.59. The first kappa shape index (κ1) is 18.9. The Hall–Kier alpha value is -0.160. The first-order valence-corrected chi connectivity index (χ1v) is 8.75. The van der Waals surface area contributed by atoms with E-state index in [0.29, 0.717) is 13.2 Å². The average molecular weight is 301 g/mol. The molecule has 0 aromatic carbocycles.